The Morgan fingerprint density at radius 2 is 1.81 bits per heavy atom. The van der Waals surface area contributed by atoms with Crippen LogP contribution in [0.3, 0.4) is 0 Å². The highest BCUT2D eigenvalue weighted by Crippen LogP contribution is 2.41. The summed E-state index contributed by atoms with van der Waals surface area (Å²) in [6, 6.07) is 13.3. The molecule has 2 aromatic carbocycles. The summed E-state index contributed by atoms with van der Waals surface area (Å²) in [6.45, 7) is -0.655. The van der Waals surface area contributed by atoms with Gasteiger partial charge in [-0.25, -0.2) is 13.4 Å². The number of ether oxygens (including phenoxy) is 1. The Balaban J connectivity index is 1.57. The highest BCUT2D eigenvalue weighted by atomic mass is 35.5. The maximum atomic E-state index is 12.8. The number of hydrogen-bond donors (Lipinski definition) is 0. The molecule has 2 heterocycles. The minimum atomic E-state index is -3.82. The monoisotopic (exact) mass is 422 g/mol. The van der Waals surface area contributed by atoms with Crippen LogP contribution in [-0.2, 0) is 26.2 Å². The van der Waals surface area contributed by atoms with Gasteiger partial charge in [-0.3, -0.25) is 9.10 Å². The zero-order valence-corrected chi connectivity index (χ0v) is 16.1. The fourth-order valence-electron chi connectivity index (χ4n) is 3.00. The van der Waals surface area contributed by atoms with E-state index in [2.05, 4.69) is 4.98 Å². The molecule has 0 saturated heterocycles. The Morgan fingerprint density at radius 3 is 2.59 bits per heavy atom. The molecule has 0 N–H and O–H groups in total. The number of carbonyl (C=O) groups is 1. The molecule has 0 unspecified atom stereocenters. The van der Waals surface area contributed by atoms with E-state index in [-0.39, 0.29) is 16.7 Å². The molecule has 4 rings (SSSR count). The second-order valence-corrected chi connectivity index (χ2v) is 8.49. The molecule has 0 fully saturated rings. The number of esters is 1. The van der Waals surface area contributed by atoms with E-state index in [0.29, 0.717) is 21.8 Å². The van der Waals surface area contributed by atoms with Crippen LogP contribution in [0.25, 0.3) is 10.8 Å². The zero-order chi connectivity index (χ0) is 19.2. The first kappa shape index (κ1) is 18.0. The predicted octanol–water partition coefficient (Wildman–Crippen LogP) is 3.79. The number of benzene rings is 2. The van der Waals surface area contributed by atoms with E-state index in [9.17, 15) is 13.2 Å². The fourth-order valence-corrected chi connectivity index (χ4v) is 4.98. The largest absolute Gasteiger partial charge is 0.458 e. The molecule has 27 heavy (non-hydrogen) atoms. The van der Waals surface area contributed by atoms with Crippen LogP contribution >= 0.6 is 23.2 Å². The molecule has 0 radical (unpaired) electrons. The minimum Gasteiger partial charge on any atom is -0.458 e. The van der Waals surface area contributed by atoms with Crippen molar-refractivity contribution in [2.75, 3.05) is 10.8 Å². The molecule has 3 aromatic rings. The number of anilines is 1. The molecule has 1 aromatic heterocycles. The number of pyridine rings is 1. The van der Waals surface area contributed by atoms with Crippen molar-refractivity contribution in [3.8, 4) is 0 Å². The third kappa shape index (κ3) is 3.12. The quantitative estimate of drug-likeness (QED) is 0.472. The van der Waals surface area contributed by atoms with Gasteiger partial charge in [0.2, 0.25) is 0 Å². The number of aromatic nitrogens is 1. The fraction of sp³-hybridized carbons (Fsp3) is 0.111. The first-order valence-corrected chi connectivity index (χ1v) is 10.1. The molecule has 1 aliphatic heterocycles. The number of hydrogen-bond acceptors (Lipinski definition) is 5. The van der Waals surface area contributed by atoms with Crippen molar-refractivity contribution in [2.45, 2.75) is 11.5 Å². The highest BCUT2D eigenvalue weighted by Gasteiger charge is 2.36. The third-order valence-electron chi connectivity index (χ3n) is 4.21. The van der Waals surface area contributed by atoms with Gasteiger partial charge in [-0.2, -0.15) is 0 Å². The van der Waals surface area contributed by atoms with Crippen LogP contribution in [-0.4, -0.2) is 25.9 Å². The van der Waals surface area contributed by atoms with E-state index in [1.54, 1.807) is 24.3 Å². The first-order valence-electron chi connectivity index (χ1n) is 7.89. The smallest absolute Gasteiger partial charge is 0.327 e. The van der Waals surface area contributed by atoms with Crippen molar-refractivity contribution in [1.82, 2.24) is 4.98 Å². The van der Waals surface area contributed by atoms with Gasteiger partial charge in [0.25, 0.3) is 10.0 Å². The summed E-state index contributed by atoms with van der Waals surface area (Å²) in [5.74, 6) is -0.721. The Morgan fingerprint density at radius 1 is 1.07 bits per heavy atom. The van der Waals surface area contributed by atoms with Gasteiger partial charge in [-0.1, -0.05) is 47.5 Å². The van der Waals surface area contributed by atoms with Gasteiger partial charge in [0, 0.05) is 5.39 Å². The first-order chi connectivity index (χ1) is 12.9. The molecule has 0 bridgehead atoms. The van der Waals surface area contributed by atoms with Gasteiger partial charge in [-0.15, -0.1) is 0 Å². The maximum absolute atomic E-state index is 12.8. The van der Waals surface area contributed by atoms with Crippen LogP contribution in [0.15, 0.2) is 53.4 Å². The molecule has 1 aliphatic rings. The number of halogens is 2. The number of carbonyl (C=O) groups excluding carboxylic acids is 1. The average Bonchev–Trinajstić information content (AvgIpc) is 2.86. The molecule has 138 valence electrons. The summed E-state index contributed by atoms with van der Waals surface area (Å²) in [6.07, 6.45) is 0. The lowest BCUT2D eigenvalue weighted by molar-refractivity contribution is -0.143. The van der Waals surface area contributed by atoms with Gasteiger partial charge in [0.05, 0.1) is 21.3 Å². The molecule has 0 saturated carbocycles. The van der Waals surface area contributed by atoms with Gasteiger partial charge < -0.3 is 4.74 Å². The topological polar surface area (TPSA) is 76.6 Å². The van der Waals surface area contributed by atoms with E-state index in [4.69, 9.17) is 27.9 Å². The average molecular weight is 423 g/mol. The van der Waals surface area contributed by atoms with Crippen LogP contribution in [0.2, 0.25) is 10.2 Å². The van der Waals surface area contributed by atoms with E-state index in [0.717, 1.165) is 9.69 Å². The van der Waals surface area contributed by atoms with Gasteiger partial charge in [-0.05, 0) is 29.7 Å². The molecule has 6 nitrogen and oxygen atoms in total. The van der Waals surface area contributed by atoms with Crippen molar-refractivity contribution >= 4 is 55.7 Å². The summed E-state index contributed by atoms with van der Waals surface area (Å²) >= 11 is 11.8. The Labute approximate surface area is 165 Å². The van der Waals surface area contributed by atoms with Crippen LogP contribution in [0.5, 0.6) is 0 Å². The van der Waals surface area contributed by atoms with E-state index >= 15 is 0 Å². The highest BCUT2D eigenvalue weighted by molar-refractivity contribution is 7.93. The molecule has 0 aliphatic carbocycles. The van der Waals surface area contributed by atoms with Crippen molar-refractivity contribution in [2.24, 2.45) is 0 Å². The zero-order valence-electron chi connectivity index (χ0n) is 13.7. The van der Waals surface area contributed by atoms with E-state index in [1.807, 2.05) is 12.1 Å². The standard InChI is InChI=1S/C18H12Cl2N2O4S/c19-12-7-8-16(20)21-13(12)10-26-17(23)9-22-14-5-1-3-11-4-2-6-15(18(11)14)27(22,24)25/h1-8H,9-10H2. The summed E-state index contributed by atoms with van der Waals surface area (Å²) in [5, 5.41) is 1.92. The number of rotatable bonds is 4. The van der Waals surface area contributed by atoms with Crippen molar-refractivity contribution in [3.05, 3.63) is 64.4 Å². The Kier molecular flexibility index (Phi) is 4.46. The molecule has 0 spiro atoms. The van der Waals surface area contributed by atoms with E-state index in [1.165, 1.54) is 12.1 Å². The molecule has 9 heteroatoms. The summed E-state index contributed by atoms with van der Waals surface area (Å²) < 4.78 is 31.9. The van der Waals surface area contributed by atoms with Crippen molar-refractivity contribution < 1.29 is 17.9 Å². The van der Waals surface area contributed by atoms with Crippen LogP contribution < -0.4 is 4.31 Å². The van der Waals surface area contributed by atoms with Gasteiger partial charge in [0.1, 0.15) is 18.3 Å². The normalized spacial score (nSPS) is 14.5. The van der Waals surface area contributed by atoms with E-state index < -0.39 is 22.5 Å². The van der Waals surface area contributed by atoms with Gasteiger partial charge in [0.15, 0.2) is 0 Å². The third-order valence-corrected chi connectivity index (χ3v) is 6.57. The SMILES string of the molecule is O=C(CN1c2cccc3cccc(c23)S1(=O)=O)OCc1nc(Cl)ccc1Cl. The molecule has 0 atom stereocenters. The summed E-state index contributed by atoms with van der Waals surface area (Å²) in [5.41, 5.74) is 0.756. The lowest BCUT2D eigenvalue weighted by atomic mass is 10.1. The number of sulfonamides is 1. The molecule has 0 amide bonds. The Hall–Kier alpha value is -2.35. The number of nitrogens with zero attached hydrogens (tertiary/aromatic N) is 2. The molecular weight excluding hydrogens is 411 g/mol. The predicted molar refractivity (Wildman–Crippen MR) is 103 cm³/mol. The second kappa shape index (κ2) is 6.67. The maximum Gasteiger partial charge on any atom is 0.327 e. The van der Waals surface area contributed by atoms with Gasteiger partial charge >= 0.3 is 5.97 Å². The second-order valence-electron chi connectivity index (χ2n) is 5.87. The van der Waals surface area contributed by atoms with Crippen molar-refractivity contribution in [3.63, 3.8) is 0 Å². The minimum absolute atomic E-state index is 0.183. The molecular formula is C18H12Cl2N2O4S. The summed E-state index contributed by atoms with van der Waals surface area (Å²) in [7, 11) is -3.82. The van der Waals surface area contributed by atoms with Crippen LogP contribution in [0.1, 0.15) is 5.69 Å². The Bertz CT molecular complexity index is 1180. The summed E-state index contributed by atoms with van der Waals surface area (Å²) in [4.78, 5) is 16.5. The lowest BCUT2D eigenvalue weighted by Crippen LogP contribution is -2.33. The van der Waals surface area contributed by atoms with Crippen LogP contribution in [0.4, 0.5) is 5.69 Å². The van der Waals surface area contributed by atoms with Crippen molar-refractivity contribution in [1.29, 1.82) is 0 Å². The van der Waals surface area contributed by atoms with Crippen LogP contribution in [0, 0.1) is 0 Å². The lowest BCUT2D eigenvalue weighted by Gasteiger charge is -2.17.